The number of nitrogens with one attached hydrogen (secondary N) is 1. The van der Waals surface area contributed by atoms with Crippen molar-refractivity contribution in [3.63, 3.8) is 0 Å². The summed E-state index contributed by atoms with van der Waals surface area (Å²) in [4.78, 5) is 6.29. The summed E-state index contributed by atoms with van der Waals surface area (Å²) in [5, 5.41) is 8.89. The number of hydrogen-bond donors (Lipinski definition) is 1. The van der Waals surface area contributed by atoms with Crippen molar-refractivity contribution in [1.29, 1.82) is 0 Å². The van der Waals surface area contributed by atoms with Crippen molar-refractivity contribution in [3.8, 4) is 10.6 Å². The number of hydrogen-bond acceptors (Lipinski definition) is 4. The van der Waals surface area contributed by atoms with Gasteiger partial charge in [0.15, 0.2) is 0 Å². The van der Waals surface area contributed by atoms with E-state index in [2.05, 4.69) is 16.6 Å². The molecular weight excluding hydrogens is 244 g/mol. The highest BCUT2D eigenvalue weighted by Crippen LogP contribution is 2.37. The molecule has 2 aromatic heterocycles. The predicted octanol–water partition coefficient (Wildman–Crippen LogP) is 2.45. The number of nitrogens with zero attached hydrogens (tertiary/aromatic N) is 3. The second kappa shape index (κ2) is 4.48. The van der Waals surface area contributed by atoms with Crippen molar-refractivity contribution < 1.29 is 0 Å². The maximum absolute atomic E-state index is 4.85. The monoisotopic (exact) mass is 262 g/mol. The van der Waals surface area contributed by atoms with Crippen LogP contribution in [0, 0.1) is 6.92 Å². The molecule has 0 amide bonds. The van der Waals surface area contributed by atoms with E-state index >= 15 is 0 Å². The van der Waals surface area contributed by atoms with Gasteiger partial charge in [-0.15, -0.1) is 11.3 Å². The molecule has 0 radical (unpaired) electrons. The normalized spacial score (nSPS) is 18.9. The molecule has 0 saturated carbocycles. The summed E-state index contributed by atoms with van der Waals surface area (Å²) in [6, 6.07) is 0.427. The average Bonchev–Trinajstić information content (AvgIpc) is 2.91. The first kappa shape index (κ1) is 11.9. The molecule has 1 atom stereocenters. The minimum absolute atomic E-state index is 0.427. The van der Waals surface area contributed by atoms with E-state index in [0.29, 0.717) is 6.04 Å². The Balaban J connectivity index is 2.05. The first-order chi connectivity index (χ1) is 8.69. The highest BCUT2D eigenvalue weighted by molar-refractivity contribution is 7.15. The molecule has 1 N–H and O–H groups in total. The molecule has 1 aliphatic rings. The Morgan fingerprint density at radius 1 is 1.50 bits per heavy atom. The van der Waals surface area contributed by atoms with Crippen LogP contribution in [0.2, 0.25) is 0 Å². The van der Waals surface area contributed by atoms with Crippen molar-refractivity contribution in [1.82, 2.24) is 20.1 Å². The van der Waals surface area contributed by atoms with Crippen LogP contribution in [0.4, 0.5) is 0 Å². The zero-order valence-electron chi connectivity index (χ0n) is 11.0. The zero-order valence-corrected chi connectivity index (χ0v) is 11.8. The topological polar surface area (TPSA) is 42.7 Å². The third kappa shape index (κ3) is 1.87. The number of thiazole rings is 1. The first-order valence-corrected chi connectivity index (χ1v) is 7.18. The van der Waals surface area contributed by atoms with Crippen LogP contribution in [0.5, 0.6) is 0 Å². The molecule has 0 aliphatic heterocycles. The molecule has 1 unspecified atom stereocenters. The summed E-state index contributed by atoms with van der Waals surface area (Å²) in [5.41, 5.74) is 3.49. The minimum atomic E-state index is 0.427. The second-order valence-electron chi connectivity index (χ2n) is 4.86. The highest BCUT2D eigenvalue weighted by Gasteiger charge is 2.24. The fourth-order valence-electron chi connectivity index (χ4n) is 2.62. The SMILES string of the molecule is CNC1CCCc2sc(-c3cn(C)nc3C)nc21. The van der Waals surface area contributed by atoms with Crippen LogP contribution in [0.1, 0.15) is 35.1 Å². The summed E-state index contributed by atoms with van der Waals surface area (Å²) in [7, 11) is 3.98. The zero-order chi connectivity index (χ0) is 12.7. The molecule has 96 valence electrons. The molecule has 0 aromatic carbocycles. The Labute approximate surface area is 111 Å². The lowest BCUT2D eigenvalue weighted by Gasteiger charge is -2.19. The Morgan fingerprint density at radius 3 is 3.00 bits per heavy atom. The molecule has 3 rings (SSSR count). The van der Waals surface area contributed by atoms with Crippen LogP contribution in [-0.2, 0) is 13.5 Å². The highest BCUT2D eigenvalue weighted by atomic mass is 32.1. The maximum atomic E-state index is 4.85. The minimum Gasteiger partial charge on any atom is -0.312 e. The van der Waals surface area contributed by atoms with Crippen molar-refractivity contribution in [2.24, 2.45) is 7.05 Å². The van der Waals surface area contributed by atoms with Gasteiger partial charge in [-0.1, -0.05) is 0 Å². The van der Waals surface area contributed by atoms with Crippen LogP contribution in [-0.4, -0.2) is 21.8 Å². The summed E-state index contributed by atoms with van der Waals surface area (Å²) >= 11 is 1.83. The van der Waals surface area contributed by atoms with Crippen molar-refractivity contribution in [3.05, 3.63) is 22.5 Å². The summed E-state index contributed by atoms with van der Waals surface area (Å²) in [6.45, 7) is 2.05. The van der Waals surface area contributed by atoms with Crippen LogP contribution in [0.3, 0.4) is 0 Å². The van der Waals surface area contributed by atoms with Gasteiger partial charge < -0.3 is 5.32 Å². The molecule has 2 heterocycles. The van der Waals surface area contributed by atoms with Gasteiger partial charge in [0.05, 0.1) is 23.0 Å². The van der Waals surface area contributed by atoms with E-state index in [1.165, 1.54) is 35.4 Å². The third-order valence-corrected chi connectivity index (χ3v) is 4.71. The van der Waals surface area contributed by atoms with Crippen molar-refractivity contribution in [2.75, 3.05) is 7.05 Å². The summed E-state index contributed by atoms with van der Waals surface area (Å²) < 4.78 is 1.86. The van der Waals surface area contributed by atoms with Crippen LogP contribution in [0.25, 0.3) is 10.6 Å². The van der Waals surface area contributed by atoms with Gasteiger partial charge in [0.2, 0.25) is 0 Å². The molecule has 5 heteroatoms. The van der Waals surface area contributed by atoms with E-state index in [0.717, 1.165) is 10.7 Å². The van der Waals surface area contributed by atoms with E-state index in [9.17, 15) is 0 Å². The third-order valence-electron chi connectivity index (χ3n) is 3.55. The largest absolute Gasteiger partial charge is 0.312 e. The van der Waals surface area contributed by atoms with Crippen molar-refractivity contribution in [2.45, 2.75) is 32.2 Å². The van der Waals surface area contributed by atoms with E-state index < -0.39 is 0 Å². The molecule has 2 aromatic rings. The molecule has 18 heavy (non-hydrogen) atoms. The molecule has 4 nitrogen and oxygen atoms in total. The van der Waals surface area contributed by atoms with Crippen molar-refractivity contribution >= 4 is 11.3 Å². The Hall–Kier alpha value is -1.20. The Morgan fingerprint density at radius 2 is 2.33 bits per heavy atom. The van der Waals surface area contributed by atoms with Gasteiger partial charge in [-0.2, -0.15) is 5.10 Å². The Kier molecular flexibility index (Phi) is 2.95. The summed E-state index contributed by atoms with van der Waals surface area (Å²) in [5.74, 6) is 0. The second-order valence-corrected chi connectivity index (χ2v) is 5.95. The summed E-state index contributed by atoms with van der Waals surface area (Å²) in [6.07, 6.45) is 5.68. The lowest BCUT2D eigenvalue weighted by Crippen LogP contribution is -2.21. The van der Waals surface area contributed by atoms with Gasteiger partial charge in [-0.3, -0.25) is 4.68 Å². The quantitative estimate of drug-likeness (QED) is 0.904. The van der Waals surface area contributed by atoms with Crippen LogP contribution >= 0.6 is 11.3 Å². The van der Waals surface area contributed by atoms with Gasteiger partial charge in [0.1, 0.15) is 5.01 Å². The number of aromatic nitrogens is 3. The standard InChI is InChI=1S/C13H18N4S/c1-8-9(7-17(3)16-8)13-15-12-10(14-2)5-4-6-11(12)18-13/h7,10,14H,4-6H2,1-3H3. The van der Waals surface area contributed by atoms with Gasteiger partial charge >= 0.3 is 0 Å². The molecule has 0 spiro atoms. The van der Waals surface area contributed by atoms with E-state index in [-0.39, 0.29) is 0 Å². The molecule has 0 fully saturated rings. The lowest BCUT2D eigenvalue weighted by molar-refractivity contribution is 0.490. The average molecular weight is 262 g/mol. The lowest BCUT2D eigenvalue weighted by atomic mass is 9.98. The predicted molar refractivity (Wildman–Crippen MR) is 73.8 cm³/mol. The van der Waals surface area contributed by atoms with Crippen LogP contribution < -0.4 is 5.32 Å². The maximum Gasteiger partial charge on any atom is 0.127 e. The Bertz CT molecular complexity index is 570. The fourth-order valence-corrected chi connectivity index (χ4v) is 3.85. The molecule has 0 saturated heterocycles. The molecular formula is C13H18N4S. The number of aryl methyl sites for hydroxylation is 3. The van der Waals surface area contributed by atoms with Gasteiger partial charge in [-0.25, -0.2) is 4.98 Å². The number of fused-ring (bicyclic) bond motifs is 1. The molecule has 0 bridgehead atoms. The van der Waals surface area contributed by atoms with E-state index in [4.69, 9.17) is 4.98 Å². The van der Waals surface area contributed by atoms with Gasteiger partial charge in [0.25, 0.3) is 0 Å². The van der Waals surface area contributed by atoms with E-state index in [1.807, 2.05) is 37.0 Å². The van der Waals surface area contributed by atoms with Gasteiger partial charge in [-0.05, 0) is 33.2 Å². The fraction of sp³-hybridized carbons (Fsp3) is 0.538. The van der Waals surface area contributed by atoms with Crippen LogP contribution in [0.15, 0.2) is 6.20 Å². The molecule has 1 aliphatic carbocycles. The first-order valence-electron chi connectivity index (χ1n) is 6.36. The van der Waals surface area contributed by atoms with E-state index in [1.54, 1.807) is 0 Å². The van der Waals surface area contributed by atoms with Gasteiger partial charge in [0, 0.05) is 18.1 Å². The number of rotatable bonds is 2. The smallest absolute Gasteiger partial charge is 0.127 e.